The molecule has 0 atom stereocenters. The molecule has 0 amide bonds. The van der Waals surface area contributed by atoms with Crippen LogP contribution in [-0.4, -0.2) is 19.9 Å². The average molecular weight is 330 g/mol. The Bertz CT molecular complexity index is 817. The van der Waals surface area contributed by atoms with E-state index in [-0.39, 0.29) is 0 Å². The Morgan fingerprint density at radius 1 is 1.17 bits per heavy atom. The summed E-state index contributed by atoms with van der Waals surface area (Å²) >= 11 is 5.90. The lowest BCUT2D eigenvalue weighted by atomic mass is 9.99. The van der Waals surface area contributed by atoms with Crippen LogP contribution in [0.1, 0.15) is 31.5 Å². The molecule has 0 aliphatic heterocycles. The highest BCUT2D eigenvalue weighted by molar-refractivity contribution is 6.30. The zero-order valence-corrected chi connectivity index (χ0v) is 13.2. The van der Waals surface area contributed by atoms with Crippen LogP contribution in [0.5, 0.6) is 0 Å². The maximum atomic E-state index is 6.36. The van der Waals surface area contributed by atoms with Crippen LogP contribution < -0.4 is 5.73 Å². The monoisotopic (exact) mass is 329 g/mol. The highest BCUT2D eigenvalue weighted by atomic mass is 35.5. The molecule has 0 saturated heterocycles. The zero-order chi connectivity index (χ0) is 15.9. The van der Waals surface area contributed by atoms with Crippen molar-refractivity contribution in [2.24, 2.45) is 5.73 Å². The van der Waals surface area contributed by atoms with Crippen LogP contribution in [0.25, 0.3) is 17.1 Å². The Balaban J connectivity index is 1.62. The number of rotatable bonds is 3. The van der Waals surface area contributed by atoms with E-state index in [9.17, 15) is 0 Å². The first-order valence-electron chi connectivity index (χ1n) is 7.58. The molecule has 2 N–H and O–H groups in total. The second-order valence-electron chi connectivity index (χ2n) is 5.94. The topological polar surface area (TPSA) is 82.8 Å². The second-order valence-corrected chi connectivity index (χ2v) is 6.37. The summed E-state index contributed by atoms with van der Waals surface area (Å²) < 4.78 is 7.12. The van der Waals surface area contributed by atoms with Crippen molar-refractivity contribution in [1.29, 1.82) is 0 Å². The molecule has 118 valence electrons. The van der Waals surface area contributed by atoms with Gasteiger partial charge in [-0.2, -0.15) is 10.1 Å². The van der Waals surface area contributed by atoms with Gasteiger partial charge in [-0.1, -0.05) is 29.6 Å². The fourth-order valence-electron chi connectivity index (χ4n) is 2.94. The summed E-state index contributed by atoms with van der Waals surface area (Å²) in [6.07, 6.45) is 7.55. The van der Waals surface area contributed by atoms with Gasteiger partial charge in [0, 0.05) is 11.2 Å². The molecule has 0 unspecified atom stereocenters. The molecule has 2 heterocycles. The minimum absolute atomic E-state index is 0.442. The van der Waals surface area contributed by atoms with E-state index in [2.05, 4.69) is 15.2 Å². The summed E-state index contributed by atoms with van der Waals surface area (Å²) in [6.45, 7) is 0. The van der Waals surface area contributed by atoms with Crippen LogP contribution in [0.4, 0.5) is 0 Å². The van der Waals surface area contributed by atoms with E-state index >= 15 is 0 Å². The lowest BCUT2D eigenvalue weighted by Gasteiger charge is -2.17. The molecule has 1 fully saturated rings. The molecule has 2 aromatic heterocycles. The fraction of sp³-hybridized carbons (Fsp3) is 0.312. The third-order valence-corrected chi connectivity index (χ3v) is 4.54. The molecular weight excluding hydrogens is 314 g/mol. The van der Waals surface area contributed by atoms with Crippen LogP contribution in [0.2, 0.25) is 5.02 Å². The molecule has 0 spiro atoms. The van der Waals surface area contributed by atoms with Crippen LogP contribution in [-0.2, 0) is 5.54 Å². The molecule has 4 rings (SSSR count). The van der Waals surface area contributed by atoms with Gasteiger partial charge in [-0.05, 0) is 37.1 Å². The highest BCUT2D eigenvalue weighted by Crippen LogP contribution is 2.35. The van der Waals surface area contributed by atoms with Gasteiger partial charge in [0.25, 0.3) is 5.89 Å². The van der Waals surface area contributed by atoms with Gasteiger partial charge in [-0.25, -0.2) is 4.68 Å². The molecule has 0 radical (unpaired) electrons. The molecule has 1 aliphatic rings. The largest absolute Gasteiger partial charge is 0.334 e. The smallest absolute Gasteiger partial charge is 0.261 e. The van der Waals surface area contributed by atoms with E-state index in [1.165, 1.54) is 0 Å². The maximum Gasteiger partial charge on any atom is 0.261 e. The molecule has 6 nitrogen and oxygen atoms in total. The van der Waals surface area contributed by atoms with Crippen molar-refractivity contribution in [2.75, 3.05) is 0 Å². The van der Waals surface area contributed by atoms with Crippen molar-refractivity contribution in [1.82, 2.24) is 19.9 Å². The van der Waals surface area contributed by atoms with Gasteiger partial charge in [-0.3, -0.25) is 0 Å². The minimum atomic E-state index is -0.450. The highest BCUT2D eigenvalue weighted by Gasteiger charge is 2.36. The first kappa shape index (κ1) is 14.4. The Labute approximate surface area is 138 Å². The number of nitrogens with zero attached hydrogens (tertiary/aromatic N) is 4. The Hall–Kier alpha value is -2.18. The van der Waals surface area contributed by atoms with Gasteiger partial charge >= 0.3 is 0 Å². The summed E-state index contributed by atoms with van der Waals surface area (Å²) in [7, 11) is 0. The summed E-state index contributed by atoms with van der Waals surface area (Å²) in [5, 5.41) is 9.09. The summed E-state index contributed by atoms with van der Waals surface area (Å²) in [6, 6.07) is 7.43. The molecular formula is C16H16ClN5O. The van der Waals surface area contributed by atoms with E-state index in [4.69, 9.17) is 21.9 Å². The molecule has 7 heteroatoms. The lowest BCUT2D eigenvalue weighted by molar-refractivity contribution is 0.372. The molecule has 1 aromatic carbocycles. The van der Waals surface area contributed by atoms with E-state index in [1.807, 2.05) is 30.5 Å². The van der Waals surface area contributed by atoms with Gasteiger partial charge in [0.2, 0.25) is 0 Å². The van der Waals surface area contributed by atoms with Crippen LogP contribution in [0, 0.1) is 0 Å². The number of hydrogen-bond donors (Lipinski definition) is 1. The molecule has 1 saturated carbocycles. The van der Waals surface area contributed by atoms with Crippen molar-refractivity contribution in [2.45, 2.75) is 31.2 Å². The number of aromatic nitrogens is 4. The number of nitrogens with two attached hydrogens (primary N) is 1. The average Bonchev–Trinajstić information content (AvgIpc) is 3.28. The maximum absolute atomic E-state index is 6.36. The first-order valence-corrected chi connectivity index (χ1v) is 7.96. The SMILES string of the molecule is NC1(c2noc(-c3cnn(-c4ccc(Cl)cc4)c3)n2)CCCC1. The molecule has 0 bridgehead atoms. The van der Waals surface area contributed by atoms with E-state index in [0.29, 0.717) is 16.7 Å². The van der Waals surface area contributed by atoms with E-state index in [0.717, 1.165) is 36.9 Å². The Kier molecular flexibility index (Phi) is 3.43. The predicted molar refractivity (Wildman–Crippen MR) is 86.2 cm³/mol. The van der Waals surface area contributed by atoms with Gasteiger partial charge in [-0.15, -0.1) is 0 Å². The summed E-state index contributed by atoms with van der Waals surface area (Å²) in [4.78, 5) is 4.48. The van der Waals surface area contributed by atoms with Gasteiger partial charge < -0.3 is 10.3 Å². The predicted octanol–water partition coefficient (Wildman–Crippen LogP) is 3.30. The number of hydrogen-bond acceptors (Lipinski definition) is 5. The van der Waals surface area contributed by atoms with Crippen molar-refractivity contribution >= 4 is 11.6 Å². The van der Waals surface area contributed by atoms with Crippen molar-refractivity contribution in [3.8, 4) is 17.1 Å². The Morgan fingerprint density at radius 3 is 2.65 bits per heavy atom. The normalized spacial score (nSPS) is 16.8. The fourth-order valence-corrected chi connectivity index (χ4v) is 3.07. The van der Waals surface area contributed by atoms with E-state index < -0.39 is 5.54 Å². The van der Waals surface area contributed by atoms with Crippen molar-refractivity contribution in [3.05, 3.63) is 47.5 Å². The lowest BCUT2D eigenvalue weighted by Crippen LogP contribution is -2.34. The second kappa shape index (κ2) is 5.47. The molecule has 1 aliphatic carbocycles. The third kappa shape index (κ3) is 2.64. The van der Waals surface area contributed by atoms with Gasteiger partial charge in [0.1, 0.15) is 0 Å². The number of halogens is 1. The van der Waals surface area contributed by atoms with Gasteiger partial charge in [0.05, 0.1) is 23.0 Å². The van der Waals surface area contributed by atoms with E-state index in [1.54, 1.807) is 10.9 Å². The van der Waals surface area contributed by atoms with Crippen LogP contribution in [0.3, 0.4) is 0 Å². The number of benzene rings is 1. The standard InChI is InChI=1S/C16H16ClN5O/c17-12-3-5-13(6-4-12)22-10-11(9-19-22)14-20-15(21-23-14)16(18)7-1-2-8-16/h3-6,9-10H,1-2,7-8,18H2. The molecule has 23 heavy (non-hydrogen) atoms. The van der Waals surface area contributed by atoms with Crippen molar-refractivity contribution < 1.29 is 4.52 Å². The summed E-state index contributed by atoms with van der Waals surface area (Å²) in [5.74, 6) is 1.03. The zero-order valence-electron chi connectivity index (χ0n) is 12.4. The molecule has 3 aromatic rings. The van der Waals surface area contributed by atoms with Crippen LogP contribution >= 0.6 is 11.6 Å². The Morgan fingerprint density at radius 2 is 1.91 bits per heavy atom. The van der Waals surface area contributed by atoms with Gasteiger partial charge in [0.15, 0.2) is 5.82 Å². The quantitative estimate of drug-likeness (QED) is 0.797. The summed E-state index contributed by atoms with van der Waals surface area (Å²) in [5.41, 5.74) is 7.59. The minimum Gasteiger partial charge on any atom is -0.334 e. The first-order chi connectivity index (χ1) is 11.1. The van der Waals surface area contributed by atoms with Crippen molar-refractivity contribution in [3.63, 3.8) is 0 Å². The van der Waals surface area contributed by atoms with Crippen LogP contribution in [0.15, 0.2) is 41.2 Å². The third-order valence-electron chi connectivity index (χ3n) is 4.29.